The number of hydrogen-bond donors (Lipinski definition) is 15. The van der Waals surface area contributed by atoms with Gasteiger partial charge in [-0.25, -0.2) is 4.79 Å². The standard InChI is InChI=1S/C66H102ClN13O20/c1-16-32(5)26-33(6)18-23-45(83)66(12,97)65(96)71-29-47(85)73-42(17-2)57(88)76-49(36(9)68)59(90)75-48(34(7)35(8)55(69)86)58(89)77-50-53(31(3)4)100-64(95)44-27-40(67)24-25-80(44)63(94)51(54(99-15)39-19-21-41(82)22-20-39)78-61(92)52(38(11)81)79(13)62(93)37(10)72-46(84)28-70-56(87)43(30-98-14)74-60(50)91/h17-23,26,31-32,34-38,40,43-45,48-54,81-83,97H,16,24-25,27-30,68H2,1-15H3,(H2,69,86)(H,70,87)(H,71,96)(H,72,84)(H,73,85)(H,74,91)(H,75,90)(H,76,88)(H,77,89)(H,78,92)/b23-18-,33-26+,42-17-/t32-,34+,35-,36+,37+,38-,40+,43-,44+,45+,48+,49+,50-,51-,52+,53-,54-,66+/m1/s1. The summed E-state index contributed by atoms with van der Waals surface area (Å²) in [6.45, 7) is 14.8. The Bertz CT molecular complexity index is 3180. The molecule has 0 bridgehead atoms. The quantitative estimate of drug-likeness (QED) is 0.0191. The van der Waals surface area contributed by atoms with Crippen LogP contribution < -0.4 is 59.3 Å². The van der Waals surface area contributed by atoms with Gasteiger partial charge in [-0.2, -0.15) is 0 Å². The number of phenolic OH excluding ortho intramolecular Hbond substituents is 1. The topological polar surface area (TPSA) is 497 Å². The average Bonchev–Trinajstić information content (AvgIpc) is 0.502. The maximum absolute atomic E-state index is 15.4. The van der Waals surface area contributed by atoms with E-state index < -0.39 is 210 Å². The van der Waals surface area contributed by atoms with Crippen LogP contribution in [0.15, 0.2) is 59.8 Å². The minimum atomic E-state index is -2.43. The number of carbonyl (C=O) groups is 13. The van der Waals surface area contributed by atoms with Crippen molar-refractivity contribution in [1.82, 2.24) is 57.7 Å². The van der Waals surface area contributed by atoms with Crippen LogP contribution in [0.3, 0.4) is 0 Å². The highest BCUT2D eigenvalue weighted by atomic mass is 35.5. The van der Waals surface area contributed by atoms with Gasteiger partial charge in [-0.15, -0.1) is 11.6 Å². The lowest BCUT2D eigenvalue weighted by molar-refractivity contribution is -0.168. The molecule has 1 aromatic carbocycles. The molecule has 3 rings (SSSR count). The highest BCUT2D eigenvalue weighted by molar-refractivity contribution is 6.21. The number of aromatic hydroxyl groups is 1. The van der Waals surface area contributed by atoms with Crippen molar-refractivity contribution in [2.45, 2.75) is 192 Å². The van der Waals surface area contributed by atoms with Gasteiger partial charge in [0.25, 0.3) is 11.8 Å². The van der Waals surface area contributed by atoms with Crippen molar-refractivity contribution in [3.05, 3.63) is 65.4 Å². The van der Waals surface area contributed by atoms with Gasteiger partial charge in [0, 0.05) is 45.1 Å². The molecule has 12 amide bonds. The molecule has 18 atom stereocenters. The molecular weight excluding hydrogens is 1330 g/mol. The number of methoxy groups -OCH3 is 2. The van der Waals surface area contributed by atoms with Crippen LogP contribution in [0.1, 0.15) is 114 Å². The lowest BCUT2D eigenvalue weighted by Gasteiger charge is -2.41. The molecule has 0 aliphatic carbocycles. The number of fused-ring (bicyclic) bond motifs is 1. The van der Waals surface area contributed by atoms with Crippen molar-refractivity contribution in [2.75, 3.05) is 47.5 Å². The van der Waals surface area contributed by atoms with Gasteiger partial charge in [0.05, 0.1) is 25.8 Å². The second kappa shape index (κ2) is 39.4. The number of halogens is 1. The van der Waals surface area contributed by atoms with E-state index in [2.05, 4.69) is 47.9 Å². The molecule has 33 nitrogen and oxygen atoms in total. The first-order valence-electron chi connectivity index (χ1n) is 32.8. The first-order valence-corrected chi connectivity index (χ1v) is 33.2. The van der Waals surface area contributed by atoms with Gasteiger partial charge in [-0.05, 0) is 89.8 Å². The summed E-state index contributed by atoms with van der Waals surface area (Å²) in [5.74, 6) is -17.9. The third-order valence-electron chi connectivity index (χ3n) is 17.3. The van der Waals surface area contributed by atoms with E-state index in [-0.39, 0.29) is 36.6 Å². The Balaban J connectivity index is 2.20. The number of rotatable bonds is 26. The summed E-state index contributed by atoms with van der Waals surface area (Å²) in [7, 11) is 3.51. The second-order valence-electron chi connectivity index (χ2n) is 25.7. The van der Waals surface area contributed by atoms with E-state index >= 15 is 19.2 Å². The number of ether oxygens (including phenoxy) is 3. The van der Waals surface area contributed by atoms with E-state index in [1.807, 2.05) is 19.9 Å². The molecule has 558 valence electrons. The number of hydrogen-bond acceptors (Lipinski definition) is 21. The number of phenols is 1. The number of nitrogens with one attached hydrogen (secondary N) is 9. The Hall–Kier alpha value is -8.60. The molecule has 17 N–H and O–H groups in total. The highest BCUT2D eigenvalue weighted by Crippen LogP contribution is 2.31. The summed E-state index contributed by atoms with van der Waals surface area (Å²) in [6.07, 6.45) is -0.255. The van der Waals surface area contributed by atoms with Crippen LogP contribution in [0.2, 0.25) is 0 Å². The maximum atomic E-state index is 15.4. The van der Waals surface area contributed by atoms with Crippen LogP contribution in [-0.4, -0.2) is 238 Å². The summed E-state index contributed by atoms with van der Waals surface area (Å²) < 4.78 is 17.3. The molecule has 0 aromatic heterocycles. The second-order valence-corrected chi connectivity index (χ2v) is 26.3. The van der Waals surface area contributed by atoms with Crippen molar-refractivity contribution in [3.63, 3.8) is 0 Å². The molecule has 2 heterocycles. The summed E-state index contributed by atoms with van der Waals surface area (Å²) >= 11 is 6.75. The number of primary amides is 1. The number of carbonyl (C=O) groups excluding carboxylic acids is 13. The third-order valence-corrected chi connectivity index (χ3v) is 17.7. The Morgan fingerprint density at radius 2 is 1.52 bits per heavy atom. The minimum Gasteiger partial charge on any atom is -0.508 e. The first kappa shape index (κ1) is 85.6. The van der Waals surface area contributed by atoms with Crippen LogP contribution in [0.4, 0.5) is 0 Å². The van der Waals surface area contributed by atoms with Crippen LogP contribution in [0.25, 0.3) is 0 Å². The zero-order chi connectivity index (χ0) is 76.0. The fourth-order valence-electron chi connectivity index (χ4n) is 10.8. The Kier molecular flexibility index (Phi) is 33.7. The van der Waals surface area contributed by atoms with E-state index in [4.69, 9.17) is 37.3 Å². The fourth-order valence-corrected chi connectivity index (χ4v) is 11.1. The van der Waals surface area contributed by atoms with Crippen LogP contribution in [-0.2, 0) is 76.5 Å². The summed E-state index contributed by atoms with van der Waals surface area (Å²) in [6, 6.07) is -10.3. The van der Waals surface area contributed by atoms with Crippen molar-refractivity contribution in [1.29, 1.82) is 0 Å². The molecule has 2 aliphatic heterocycles. The number of aliphatic hydroxyl groups is 3. The van der Waals surface area contributed by atoms with Crippen molar-refractivity contribution >= 4 is 88.5 Å². The number of piperidine rings is 1. The number of esters is 1. The zero-order valence-corrected chi connectivity index (χ0v) is 60.0. The molecule has 0 saturated carbocycles. The predicted octanol–water partition coefficient (Wildman–Crippen LogP) is -2.94. The number of alkyl halides is 1. The molecule has 1 aromatic rings. The monoisotopic (exact) mass is 1430 g/mol. The van der Waals surface area contributed by atoms with Crippen LogP contribution in [0.5, 0.6) is 5.75 Å². The van der Waals surface area contributed by atoms with E-state index in [1.165, 1.54) is 98.9 Å². The lowest BCUT2D eigenvalue weighted by Crippen LogP contribution is -2.66. The molecule has 2 fully saturated rings. The molecule has 0 spiro atoms. The average molecular weight is 1430 g/mol. The summed E-state index contributed by atoms with van der Waals surface area (Å²) in [5, 5.41) is 63.7. The van der Waals surface area contributed by atoms with Gasteiger partial charge < -0.3 is 104 Å². The van der Waals surface area contributed by atoms with Crippen LogP contribution in [0, 0.1) is 23.7 Å². The number of likely N-dealkylation sites (N-methyl/N-ethyl adjacent to an activating group) is 1. The number of nitrogens with two attached hydrogens (primary N) is 2. The van der Waals surface area contributed by atoms with Gasteiger partial charge in [-0.1, -0.05) is 90.0 Å². The molecule has 34 heteroatoms. The van der Waals surface area contributed by atoms with Crippen molar-refractivity contribution in [3.8, 4) is 5.75 Å². The van der Waals surface area contributed by atoms with E-state index in [0.717, 1.165) is 49.0 Å². The van der Waals surface area contributed by atoms with Crippen molar-refractivity contribution < 1.29 is 97.0 Å². The molecule has 0 radical (unpaired) electrons. The summed E-state index contributed by atoms with van der Waals surface area (Å²) in [5.41, 5.74) is 10.1. The Morgan fingerprint density at radius 1 is 0.890 bits per heavy atom. The Morgan fingerprint density at radius 3 is 2.07 bits per heavy atom. The van der Waals surface area contributed by atoms with E-state index in [9.17, 15) is 63.6 Å². The zero-order valence-electron chi connectivity index (χ0n) is 59.2. The van der Waals surface area contributed by atoms with Crippen molar-refractivity contribution in [2.24, 2.45) is 35.1 Å². The Labute approximate surface area is 586 Å². The predicted molar refractivity (Wildman–Crippen MR) is 362 cm³/mol. The molecule has 0 unspecified atom stereocenters. The van der Waals surface area contributed by atoms with Gasteiger partial charge in [0.1, 0.15) is 78.1 Å². The third kappa shape index (κ3) is 24.1. The number of allylic oxidation sites excluding steroid dienone is 4. The molecule has 100 heavy (non-hydrogen) atoms. The van der Waals surface area contributed by atoms with Crippen LogP contribution >= 0.6 is 11.6 Å². The SMILES string of the molecule is C/C=C(\NC(=O)CNC(=O)[C@@](C)(O)[C@@H](O)/C=C\C(C)=C\[C@H](C)CC)C(=O)N[C@H](C(=O)N[C@H](C(=O)N[C@H]1C(=O)N[C@H](COC)C(=O)NCC(=O)N[C@@H](C)C(=O)N(C)[C@@H]([C@@H](C)O)C(=O)N[C@H]([C@H](OC)c2ccc(O)cc2)C(=O)N2CC[C@H](Cl)C[C@H]2C(=O)O[C@@H]1C(C)C)[C@@H](C)[C@@H](C)C(N)=O)[C@H](C)N. The number of nitrogens with zero attached hydrogens (tertiary/aromatic N) is 2. The van der Waals surface area contributed by atoms with E-state index in [1.54, 1.807) is 6.92 Å². The van der Waals surface area contributed by atoms with Gasteiger partial charge >= 0.3 is 5.97 Å². The smallest absolute Gasteiger partial charge is 0.329 e. The van der Waals surface area contributed by atoms with Gasteiger partial charge in [-0.3, -0.25) is 57.5 Å². The minimum absolute atomic E-state index is 0.0502. The largest absolute Gasteiger partial charge is 0.508 e. The number of amides is 12. The molecular formula is C66H102ClN13O20. The molecule has 2 saturated heterocycles. The number of benzene rings is 1. The summed E-state index contributed by atoms with van der Waals surface area (Å²) in [4.78, 5) is 186. The van der Waals surface area contributed by atoms with E-state index in [0.29, 0.717) is 0 Å². The normalized spacial score (nSPS) is 24.8. The molecule has 2 aliphatic rings. The number of cyclic esters (lactones) is 1. The van der Waals surface area contributed by atoms with Gasteiger partial charge in [0.2, 0.25) is 59.1 Å². The highest BCUT2D eigenvalue weighted by Gasteiger charge is 2.48. The maximum Gasteiger partial charge on any atom is 0.329 e. The lowest BCUT2D eigenvalue weighted by atomic mass is 9.87. The number of aliphatic hydroxyl groups excluding tert-OH is 2. The first-order chi connectivity index (χ1) is 46.7. The van der Waals surface area contributed by atoms with Gasteiger partial charge in [0.15, 0.2) is 5.60 Å². The fraction of sp³-hybridized carbons (Fsp3) is 0.621.